The van der Waals surface area contributed by atoms with E-state index in [0.29, 0.717) is 12.3 Å². The lowest BCUT2D eigenvalue weighted by Crippen LogP contribution is -2.44. The molecule has 0 aliphatic heterocycles. The molecule has 106 valence electrons. The fraction of sp³-hybridized carbons (Fsp3) is 0.353. The summed E-state index contributed by atoms with van der Waals surface area (Å²) in [4.78, 5) is 12.2. The fourth-order valence-corrected chi connectivity index (χ4v) is 2.81. The zero-order valence-corrected chi connectivity index (χ0v) is 12.7. The summed E-state index contributed by atoms with van der Waals surface area (Å²) in [6.45, 7) is 3.99. The second-order valence-corrected chi connectivity index (χ2v) is 6.06. The quantitative estimate of drug-likeness (QED) is 0.831. The van der Waals surface area contributed by atoms with Crippen LogP contribution in [0.2, 0.25) is 0 Å². The van der Waals surface area contributed by atoms with Gasteiger partial charge < -0.3 is 5.32 Å². The predicted molar refractivity (Wildman–Crippen MR) is 85.2 cm³/mol. The lowest BCUT2D eigenvalue weighted by molar-refractivity contribution is -0.122. The molecule has 0 radical (unpaired) electrons. The molecule has 1 amide bonds. The molecule has 0 spiro atoms. The number of fused-ring (bicyclic) bond motifs is 1. The molecule has 0 aliphatic carbocycles. The van der Waals surface area contributed by atoms with Crippen LogP contribution in [-0.4, -0.2) is 17.3 Å². The molecule has 0 aromatic heterocycles. The molecular weight excluding hydrogens is 270 g/mol. The number of hydrogen-bond acceptors (Lipinski definition) is 1. The molecule has 0 bridgehead atoms. The molecule has 2 nitrogen and oxygen atoms in total. The molecule has 2 aromatic rings. The van der Waals surface area contributed by atoms with Crippen LogP contribution in [0.1, 0.15) is 25.8 Å². The third-order valence-corrected chi connectivity index (χ3v) is 3.62. The van der Waals surface area contributed by atoms with Gasteiger partial charge in [0.2, 0.25) is 5.91 Å². The van der Waals surface area contributed by atoms with Gasteiger partial charge in [-0.1, -0.05) is 42.5 Å². The SMILES string of the molecule is CC(C)(CCCl)NC(=O)Cc1cccc2ccccc12. The predicted octanol–water partition coefficient (Wildman–Crippen LogP) is 3.91. The standard InChI is InChI=1S/C17H20ClNO/c1-17(2,10-11-18)19-16(20)12-14-8-5-7-13-6-3-4-9-15(13)14/h3-9H,10-12H2,1-2H3,(H,19,20). The van der Waals surface area contributed by atoms with Crippen LogP contribution in [-0.2, 0) is 11.2 Å². The van der Waals surface area contributed by atoms with E-state index < -0.39 is 0 Å². The van der Waals surface area contributed by atoms with Crippen LogP contribution in [0.3, 0.4) is 0 Å². The van der Waals surface area contributed by atoms with Crippen molar-refractivity contribution in [1.82, 2.24) is 5.32 Å². The van der Waals surface area contributed by atoms with Crippen LogP contribution in [0.25, 0.3) is 10.8 Å². The maximum atomic E-state index is 12.2. The summed E-state index contributed by atoms with van der Waals surface area (Å²) >= 11 is 5.76. The Hall–Kier alpha value is -1.54. The van der Waals surface area contributed by atoms with Gasteiger partial charge >= 0.3 is 0 Å². The first-order chi connectivity index (χ1) is 9.52. The maximum absolute atomic E-state index is 12.2. The van der Waals surface area contributed by atoms with Gasteiger partial charge in [0, 0.05) is 11.4 Å². The molecule has 0 atom stereocenters. The Morgan fingerprint density at radius 3 is 2.60 bits per heavy atom. The van der Waals surface area contributed by atoms with Gasteiger partial charge in [0.15, 0.2) is 0 Å². The van der Waals surface area contributed by atoms with E-state index in [0.717, 1.165) is 22.8 Å². The molecule has 2 aromatic carbocycles. The van der Waals surface area contributed by atoms with Crippen molar-refractivity contribution in [3.63, 3.8) is 0 Å². The zero-order valence-electron chi connectivity index (χ0n) is 11.9. The van der Waals surface area contributed by atoms with Crippen molar-refractivity contribution >= 4 is 28.3 Å². The largest absolute Gasteiger partial charge is 0.351 e. The van der Waals surface area contributed by atoms with Crippen molar-refractivity contribution in [2.45, 2.75) is 32.2 Å². The summed E-state index contributed by atoms with van der Waals surface area (Å²) in [7, 11) is 0. The van der Waals surface area contributed by atoms with E-state index in [-0.39, 0.29) is 11.4 Å². The van der Waals surface area contributed by atoms with Gasteiger partial charge in [-0.2, -0.15) is 0 Å². The highest BCUT2D eigenvalue weighted by molar-refractivity contribution is 6.17. The Kier molecular flexibility index (Phi) is 4.66. The van der Waals surface area contributed by atoms with Crippen molar-refractivity contribution < 1.29 is 4.79 Å². The second-order valence-electron chi connectivity index (χ2n) is 5.69. The average molecular weight is 290 g/mol. The highest BCUT2D eigenvalue weighted by Gasteiger charge is 2.19. The summed E-state index contributed by atoms with van der Waals surface area (Å²) in [5, 5.41) is 5.35. The van der Waals surface area contributed by atoms with E-state index in [1.54, 1.807) is 0 Å². The Balaban J connectivity index is 2.14. The Morgan fingerprint density at radius 2 is 1.85 bits per heavy atom. The zero-order chi connectivity index (χ0) is 14.6. The number of carbonyl (C=O) groups excluding carboxylic acids is 1. The summed E-state index contributed by atoms with van der Waals surface area (Å²) in [6.07, 6.45) is 1.16. The third-order valence-electron chi connectivity index (χ3n) is 3.43. The summed E-state index contributed by atoms with van der Waals surface area (Å²) in [5.41, 5.74) is 0.797. The molecule has 0 aliphatic rings. The molecule has 1 N–H and O–H groups in total. The van der Waals surface area contributed by atoms with Gasteiger partial charge in [0.05, 0.1) is 6.42 Å². The molecule has 0 saturated carbocycles. The molecule has 20 heavy (non-hydrogen) atoms. The van der Waals surface area contributed by atoms with Crippen LogP contribution in [0.15, 0.2) is 42.5 Å². The number of amides is 1. The van der Waals surface area contributed by atoms with Gasteiger partial charge in [0.25, 0.3) is 0 Å². The van der Waals surface area contributed by atoms with Crippen LogP contribution < -0.4 is 5.32 Å². The van der Waals surface area contributed by atoms with Crippen LogP contribution in [0, 0.1) is 0 Å². The third kappa shape index (κ3) is 3.73. The lowest BCUT2D eigenvalue weighted by Gasteiger charge is -2.25. The number of carbonyl (C=O) groups is 1. The van der Waals surface area contributed by atoms with Crippen LogP contribution >= 0.6 is 11.6 Å². The fourth-order valence-electron chi connectivity index (χ4n) is 2.34. The van der Waals surface area contributed by atoms with Gasteiger partial charge in [-0.15, -0.1) is 11.6 Å². The Bertz CT molecular complexity index is 601. The summed E-state index contributed by atoms with van der Waals surface area (Å²) in [5.74, 6) is 0.582. The normalized spacial score (nSPS) is 11.6. The second kappa shape index (κ2) is 6.27. The van der Waals surface area contributed by atoms with E-state index in [1.807, 2.05) is 38.1 Å². The highest BCUT2D eigenvalue weighted by Crippen LogP contribution is 2.19. The minimum atomic E-state index is -0.260. The lowest BCUT2D eigenvalue weighted by atomic mass is 9.99. The van der Waals surface area contributed by atoms with Crippen molar-refractivity contribution in [3.8, 4) is 0 Å². The number of nitrogens with one attached hydrogen (secondary N) is 1. The number of benzene rings is 2. The van der Waals surface area contributed by atoms with E-state index in [2.05, 4.69) is 23.5 Å². The first kappa shape index (κ1) is 14.9. The molecule has 3 heteroatoms. The molecule has 0 heterocycles. The molecule has 2 rings (SSSR count). The number of rotatable bonds is 5. The van der Waals surface area contributed by atoms with Crippen molar-refractivity contribution in [2.75, 3.05) is 5.88 Å². The van der Waals surface area contributed by atoms with Crippen LogP contribution in [0.5, 0.6) is 0 Å². The Morgan fingerprint density at radius 1 is 1.15 bits per heavy atom. The first-order valence-corrected chi connectivity index (χ1v) is 7.39. The molecule has 0 unspecified atom stereocenters. The van der Waals surface area contributed by atoms with E-state index in [1.165, 1.54) is 0 Å². The summed E-state index contributed by atoms with van der Waals surface area (Å²) < 4.78 is 0. The minimum absolute atomic E-state index is 0.0384. The van der Waals surface area contributed by atoms with Crippen molar-refractivity contribution in [1.29, 1.82) is 0 Å². The van der Waals surface area contributed by atoms with E-state index in [9.17, 15) is 4.79 Å². The van der Waals surface area contributed by atoms with E-state index in [4.69, 9.17) is 11.6 Å². The van der Waals surface area contributed by atoms with Crippen molar-refractivity contribution in [2.24, 2.45) is 0 Å². The molecule has 0 fully saturated rings. The smallest absolute Gasteiger partial charge is 0.224 e. The first-order valence-electron chi connectivity index (χ1n) is 6.85. The van der Waals surface area contributed by atoms with E-state index >= 15 is 0 Å². The van der Waals surface area contributed by atoms with Crippen molar-refractivity contribution in [3.05, 3.63) is 48.0 Å². The van der Waals surface area contributed by atoms with Gasteiger partial charge in [-0.25, -0.2) is 0 Å². The van der Waals surface area contributed by atoms with Gasteiger partial charge in [-0.05, 0) is 36.6 Å². The van der Waals surface area contributed by atoms with Gasteiger partial charge in [-0.3, -0.25) is 4.79 Å². The molecule has 0 saturated heterocycles. The Labute approximate surface area is 125 Å². The monoisotopic (exact) mass is 289 g/mol. The molecular formula is C17H20ClNO. The number of alkyl halides is 1. The average Bonchev–Trinajstić information content (AvgIpc) is 2.38. The summed E-state index contributed by atoms with van der Waals surface area (Å²) in [6, 6.07) is 14.2. The number of hydrogen-bond donors (Lipinski definition) is 1. The van der Waals surface area contributed by atoms with Crippen LogP contribution in [0.4, 0.5) is 0 Å². The highest BCUT2D eigenvalue weighted by atomic mass is 35.5. The topological polar surface area (TPSA) is 29.1 Å². The number of halogens is 1. The maximum Gasteiger partial charge on any atom is 0.224 e. The minimum Gasteiger partial charge on any atom is -0.351 e. The van der Waals surface area contributed by atoms with Gasteiger partial charge in [0.1, 0.15) is 0 Å².